The number of benzene rings is 1. The molecule has 0 saturated carbocycles. The molecule has 0 amide bonds. The van der Waals surface area contributed by atoms with Crippen LogP contribution < -0.4 is 5.73 Å². The predicted molar refractivity (Wildman–Crippen MR) is 64.3 cm³/mol. The number of hydrogen-bond acceptors (Lipinski definition) is 6. The average Bonchev–Trinajstić information content (AvgIpc) is 3.01. The van der Waals surface area contributed by atoms with Crippen LogP contribution in [0.15, 0.2) is 28.9 Å². The lowest BCUT2D eigenvalue weighted by molar-refractivity contribution is 0.432. The Morgan fingerprint density at radius 3 is 3.00 bits per heavy atom. The van der Waals surface area contributed by atoms with Gasteiger partial charge in [0.15, 0.2) is 5.69 Å². The fraction of sp³-hybridized carbons (Fsp3) is 0.0909. The maximum absolute atomic E-state index is 5.84. The maximum Gasteiger partial charge on any atom is 0.258 e. The lowest BCUT2D eigenvalue weighted by atomic mass is 10.1. The van der Waals surface area contributed by atoms with E-state index in [0.29, 0.717) is 23.1 Å². The van der Waals surface area contributed by atoms with Gasteiger partial charge in [-0.05, 0) is 24.6 Å². The third-order valence-corrected chi connectivity index (χ3v) is 2.68. The van der Waals surface area contributed by atoms with Crippen LogP contribution in [0.25, 0.3) is 23.0 Å². The predicted octanol–water partition coefficient (Wildman–Crippen LogP) is 1.41. The molecule has 0 spiro atoms. The second-order valence-electron chi connectivity index (χ2n) is 3.80. The van der Waals surface area contributed by atoms with Crippen molar-refractivity contribution in [1.82, 2.24) is 25.6 Å². The van der Waals surface area contributed by atoms with Crippen molar-refractivity contribution in [1.29, 1.82) is 0 Å². The summed E-state index contributed by atoms with van der Waals surface area (Å²) in [5.74, 6) is 0.804. The highest BCUT2D eigenvalue weighted by molar-refractivity contribution is 5.67. The molecule has 90 valence electrons. The summed E-state index contributed by atoms with van der Waals surface area (Å²) in [7, 11) is 0. The quantitative estimate of drug-likeness (QED) is 0.658. The molecule has 7 heteroatoms. The Hall–Kier alpha value is -2.70. The van der Waals surface area contributed by atoms with E-state index >= 15 is 0 Å². The molecule has 0 aliphatic heterocycles. The first-order chi connectivity index (χ1) is 8.75. The lowest BCUT2D eigenvalue weighted by Gasteiger charge is -2.02. The van der Waals surface area contributed by atoms with E-state index in [1.807, 2.05) is 25.1 Å². The number of nitrogen functional groups attached to an aromatic ring is 1. The maximum atomic E-state index is 5.84. The molecule has 0 aliphatic rings. The van der Waals surface area contributed by atoms with Crippen LogP contribution >= 0.6 is 0 Å². The van der Waals surface area contributed by atoms with Gasteiger partial charge in [0, 0.05) is 11.3 Å². The molecule has 0 fully saturated rings. The SMILES string of the molecule is Cc1c(N)cccc1-c1nc(-c2cn[nH]n2)no1. The van der Waals surface area contributed by atoms with Gasteiger partial charge in [0.05, 0.1) is 6.20 Å². The molecule has 0 bridgehead atoms. The first kappa shape index (κ1) is 10.5. The second-order valence-corrected chi connectivity index (χ2v) is 3.80. The van der Waals surface area contributed by atoms with Gasteiger partial charge in [-0.15, -0.1) is 0 Å². The highest BCUT2D eigenvalue weighted by Crippen LogP contribution is 2.26. The molecule has 0 saturated heterocycles. The highest BCUT2D eigenvalue weighted by atomic mass is 16.5. The molecule has 0 atom stereocenters. The van der Waals surface area contributed by atoms with E-state index in [-0.39, 0.29) is 0 Å². The van der Waals surface area contributed by atoms with Gasteiger partial charge in [-0.3, -0.25) is 0 Å². The molecule has 0 aliphatic carbocycles. The van der Waals surface area contributed by atoms with Crippen molar-refractivity contribution in [3.05, 3.63) is 30.0 Å². The van der Waals surface area contributed by atoms with Crippen molar-refractivity contribution in [2.24, 2.45) is 0 Å². The van der Waals surface area contributed by atoms with E-state index < -0.39 is 0 Å². The van der Waals surface area contributed by atoms with E-state index in [2.05, 4.69) is 25.6 Å². The number of nitrogens with two attached hydrogens (primary N) is 1. The molecule has 18 heavy (non-hydrogen) atoms. The zero-order valence-corrected chi connectivity index (χ0v) is 9.58. The number of nitrogens with zero attached hydrogens (tertiary/aromatic N) is 4. The van der Waals surface area contributed by atoms with Crippen LogP contribution in [-0.4, -0.2) is 25.6 Å². The fourth-order valence-electron chi connectivity index (χ4n) is 1.63. The number of H-pyrrole nitrogens is 1. The van der Waals surface area contributed by atoms with E-state index in [1.165, 1.54) is 6.20 Å². The van der Waals surface area contributed by atoms with Crippen LogP contribution in [0.3, 0.4) is 0 Å². The summed E-state index contributed by atoms with van der Waals surface area (Å²) in [6.45, 7) is 1.91. The normalized spacial score (nSPS) is 10.7. The minimum Gasteiger partial charge on any atom is -0.398 e. The standard InChI is InChI=1S/C11H10N6O/c1-6-7(3-2-4-8(6)12)11-14-10(16-18-11)9-5-13-17-15-9/h2-5H,12H2,1H3,(H,13,15,17). The molecule has 3 aromatic rings. The van der Waals surface area contributed by atoms with Crippen molar-refractivity contribution < 1.29 is 4.52 Å². The van der Waals surface area contributed by atoms with Gasteiger partial charge < -0.3 is 10.3 Å². The van der Waals surface area contributed by atoms with Gasteiger partial charge in [-0.2, -0.15) is 20.4 Å². The Morgan fingerprint density at radius 2 is 2.22 bits per heavy atom. The summed E-state index contributed by atoms with van der Waals surface area (Å²) in [5.41, 5.74) is 8.79. The minimum absolute atomic E-state index is 0.389. The number of hydrogen-bond donors (Lipinski definition) is 2. The van der Waals surface area contributed by atoms with Gasteiger partial charge in [0.2, 0.25) is 5.82 Å². The molecule has 2 heterocycles. The van der Waals surface area contributed by atoms with Crippen molar-refractivity contribution in [2.45, 2.75) is 6.92 Å². The molecule has 3 rings (SSSR count). The Kier molecular flexibility index (Phi) is 2.30. The Morgan fingerprint density at radius 1 is 1.33 bits per heavy atom. The third kappa shape index (κ3) is 1.61. The van der Waals surface area contributed by atoms with Crippen molar-refractivity contribution >= 4 is 5.69 Å². The van der Waals surface area contributed by atoms with Crippen LogP contribution in [0, 0.1) is 6.92 Å². The van der Waals surface area contributed by atoms with Crippen LogP contribution in [0.5, 0.6) is 0 Å². The Balaban J connectivity index is 2.06. The second kappa shape index (κ2) is 3.95. The fourth-order valence-corrected chi connectivity index (χ4v) is 1.63. The topological polar surface area (TPSA) is 107 Å². The molecule has 7 nitrogen and oxygen atoms in total. The van der Waals surface area contributed by atoms with Crippen LogP contribution in [0.1, 0.15) is 5.56 Å². The number of aromatic amines is 1. The highest BCUT2D eigenvalue weighted by Gasteiger charge is 2.14. The summed E-state index contributed by atoms with van der Waals surface area (Å²) >= 11 is 0. The van der Waals surface area contributed by atoms with Gasteiger partial charge in [-0.25, -0.2) is 0 Å². The van der Waals surface area contributed by atoms with Gasteiger partial charge in [-0.1, -0.05) is 11.2 Å². The number of anilines is 1. The van der Waals surface area contributed by atoms with Crippen molar-refractivity contribution in [3.8, 4) is 23.0 Å². The van der Waals surface area contributed by atoms with Gasteiger partial charge in [0.25, 0.3) is 5.89 Å². The lowest BCUT2D eigenvalue weighted by Crippen LogP contribution is -1.92. The molecule has 3 N–H and O–H groups in total. The summed E-state index contributed by atoms with van der Waals surface area (Å²) in [4.78, 5) is 4.27. The smallest absolute Gasteiger partial charge is 0.258 e. The van der Waals surface area contributed by atoms with Gasteiger partial charge >= 0.3 is 0 Å². The Labute approximate surface area is 102 Å². The first-order valence-electron chi connectivity index (χ1n) is 5.31. The molecule has 1 aromatic carbocycles. The first-order valence-corrected chi connectivity index (χ1v) is 5.31. The average molecular weight is 242 g/mol. The van der Waals surface area contributed by atoms with Crippen LogP contribution in [0.4, 0.5) is 5.69 Å². The number of nitrogens with one attached hydrogen (secondary N) is 1. The Bertz CT molecular complexity index is 673. The van der Waals surface area contributed by atoms with E-state index in [9.17, 15) is 0 Å². The molecular weight excluding hydrogens is 232 g/mol. The summed E-state index contributed by atoms with van der Waals surface area (Å²) < 4.78 is 5.21. The number of rotatable bonds is 2. The molecule has 0 radical (unpaired) electrons. The molecule has 0 unspecified atom stereocenters. The zero-order valence-electron chi connectivity index (χ0n) is 9.58. The third-order valence-electron chi connectivity index (χ3n) is 2.68. The molecule has 2 aromatic heterocycles. The number of aromatic nitrogens is 5. The summed E-state index contributed by atoms with van der Waals surface area (Å²) in [6, 6.07) is 5.55. The van der Waals surface area contributed by atoms with E-state index in [1.54, 1.807) is 0 Å². The summed E-state index contributed by atoms with van der Waals surface area (Å²) in [6.07, 6.45) is 1.53. The van der Waals surface area contributed by atoms with Crippen molar-refractivity contribution in [2.75, 3.05) is 5.73 Å². The minimum atomic E-state index is 0.389. The van der Waals surface area contributed by atoms with E-state index in [0.717, 1.165) is 11.1 Å². The van der Waals surface area contributed by atoms with Crippen LogP contribution in [0.2, 0.25) is 0 Å². The molecular formula is C11H10N6O. The summed E-state index contributed by atoms with van der Waals surface area (Å²) in [5, 5.41) is 13.9. The largest absolute Gasteiger partial charge is 0.398 e. The van der Waals surface area contributed by atoms with Crippen molar-refractivity contribution in [3.63, 3.8) is 0 Å². The van der Waals surface area contributed by atoms with Gasteiger partial charge in [0.1, 0.15) is 0 Å². The van der Waals surface area contributed by atoms with E-state index in [4.69, 9.17) is 10.3 Å². The monoisotopic (exact) mass is 242 g/mol. The zero-order chi connectivity index (χ0) is 12.5. The van der Waals surface area contributed by atoms with Crippen LogP contribution in [-0.2, 0) is 0 Å².